The normalized spacial score (nSPS) is 11.6. The van der Waals surface area contributed by atoms with Crippen LogP contribution in [-0.2, 0) is 21.2 Å². The molecule has 0 radical (unpaired) electrons. The first-order chi connectivity index (χ1) is 14.2. The number of anilines is 1. The Morgan fingerprint density at radius 1 is 1.20 bits per heavy atom. The summed E-state index contributed by atoms with van der Waals surface area (Å²) in [6.45, 7) is 0. The van der Waals surface area contributed by atoms with Gasteiger partial charge in [-0.3, -0.25) is 9.59 Å². The number of fused-ring (bicyclic) bond motifs is 1. The molecule has 2 N–H and O–H groups in total. The molecule has 158 valence electrons. The predicted molar refractivity (Wildman–Crippen MR) is 113 cm³/mol. The van der Waals surface area contributed by atoms with E-state index in [4.69, 9.17) is 4.74 Å². The molecule has 0 unspecified atom stereocenters. The second-order valence-corrected chi connectivity index (χ2v) is 8.88. The van der Waals surface area contributed by atoms with E-state index in [1.165, 1.54) is 39.4 Å². The third-order valence-corrected chi connectivity index (χ3v) is 6.29. The number of aromatic amines is 1. The van der Waals surface area contributed by atoms with Gasteiger partial charge < -0.3 is 15.0 Å². The van der Waals surface area contributed by atoms with Crippen LogP contribution < -0.4 is 15.6 Å². The molecule has 0 saturated heterocycles. The molecule has 9 nitrogen and oxygen atoms in total. The molecule has 3 rings (SSSR count). The molecule has 1 amide bonds. The number of hydrogen-bond acceptors (Lipinski definition) is 6. The van der Waals surface area contributed by atoms with Gasteiger partial charge in [0.25, 0.3) is 5.56 Å². The molecule has 0 aliphatic carbocycles. The summed E-state index contributed by atoms with van der Waals surface area (Å²) in [7, 11) is 0.613. The second kappa shape index (κ2) is 8.64. The molecule has 2 aromatic carbocycles. The number of benzene rings is 2. The summed E-state index contributed by atoms with van der Waals surface area (Å²) in [5.41, 5.74) is 0.532. The number of sulfonamides is 1. The van der Waals surface area contributed by atoms with Gasteiger partial charge in [-0.2, -0.15) is 0 Å². The molecule has 30 heavy (non-hydrogen) atoms. The maximum atomic E-state index is 12.5. The first kappa shape index (κ1) is 21.5. The van der Waals surface area contributed by atoms with Crippen LogP contribution in [0.25, 0.3) is 10.9 Å². The molecule has 0 aliphatic rings. The van der Waals surface area contributed by atoms with Crippen molar-refractivity contribution in [2.24, 2.45) is 0 Å². The number of nitrogens with zero attached hydrogens (tertiary/aromatic N) is 2. The number of aryl methyl sites for hydroxylation is 1. The van der Waals surface area contributed by atoms with Crippen LogP contribution in [0.2, 0.25) is 0 Å². The van der Waals surface area contributed by atoms with Gasteiger partial charge in [-0.1, -0.05) is 12.1 Å². The number of carbonyl (C=O) groups is 1. The van der Waals surface area contributed by atoms with Crippen LogP contribution in [0, 0.1) is 0 Å². The van der Waals surface area contributed by atoms with E-state index >= 15 is 0 Å². The third-order valence-electron chi connectivity index (χ3n) is 4.47. The first-order valence-corrected chi connectivity index (χ1v) is 10.5. The lowest BCUT2D eigenvalue weighted by molar-refractivity contribution is -0.116. The molecular formula is C20H22N4O5S. The topological polar surface area (TPSA) is 121 Å². The highest BCUT2D eigenvalue weighted by atomic mass is 32.2. The number of ether oxygens (including phenoxy) is 1. The van der Waals surface area contributed by atoms with E-state index in [0.717, 1.165) is 4.31 Å². The van der Waals surface area contributed by atoms with Crippen molar-refractivity contribution in [2.45, 2.75) is 17.7 Å². The largest absolute Gasteiger partial charge is 0.495 e. The quantitative estimate of drug-likeness (QED) is 0.589. The van der Waals surface area contributed by atoms with E-state index in [-0.39, 0.29) is 34.9 Å². The van der Waals surface area contributed by atoms with Gasteiger partial charge in [0.2, 0.25) is 15.9 Å². The zero-order valence-corrected chi connectivity index (χ0v) is 17.6. The third kappa shape index (κ3) is 4.50. The van der Waals surface area contributed by atoms with Crippen molar-refractivity contribution in [1.82, 2.24) is 14.3 Å². The van der Waals surface area contributed by atoms with Crippen molar-refractivity contribution in [3.8, 4) is 5.75 Å². The Hall–Kier alpha value is -3.24. The average molecular weight is 430 g/mol. The summed E-state index contributed by atoms with van der Waals surface area (Å²) in [5.74, 6) is 0.353. The minimum atomic E-state index is -3.66. The van der Waals surface area contributed by atoms with E-state index in [0.29, 0.717) is 22.5 Å². The zero-order valence-electron chi connectivity index (χ0n) is 16.8. The number of methoxy groups -OCH3 is 1. The average Bonchev–Trinajstić information content (AvgIpc) is 2.72. The molecule has 3 aromatic rings. The molecule has 0 spiro atoms. The Morgan fingerprint density at radius 2 is 1.93 bits per heavy atom. The van der Waals surface area contributed by atoms with Crippen LogP contribution in [0.1, 0.15) is 12.2 Å². The summed E-state index contributed by atoms with van der Waals surface area (Å²) in [6, 6.07) is 11.2. The zero-order chi connectivity index (χ0) is 21.9. The van der Waals surface area contributed by atoms with Gasteiger partial charge in [-0.25, -0.2) is 17.7 Å². The highest BCUT2D eigenvalue weighted by Gasteiger charge is 2.20. The van der Waals surface area contributed by atoms with E-state index in [1.807, 2.05) is 0 Å². The van der Waals surface area contributed by atoms with Crippen molar-refractivity contribution in [3.63, 3.8) is 0 Å². The lowest BCUT2D eigenvalue weighted by Gasteiger charge is -2.15. The fourth-order valence-electron chi connectivity index (χ4n) is 2.85. The van der Waals surface area contributed by atoms with Crippen molar-refractivity contribution < 1.29 is 17.9 Å². The molecule has 0 fully saturated rings. The molecule has 10 heteroatoms. The van der Waals surface area contributed by atoms with E-state index in [2.05, 4.69) is 15.3 Å². The molecule has 0 atom stereocenters. The fourth-order valence-corrected chi connectivity index (χ4v) is 3.78. The van der Waals surface area contributed by atoms with Gasteiger partial charge >= 0.3 is 0 Å². The summed E-state index contributed by atoms with van der Waals surface area (Å²) < 4.78 is 31.0. The lowest BCUT2D eigenvalue weighted by Crippen LogP contribution is -2.22. The minimum Gasteiger partial charge on any atom is -0.495 e. The van der Waals surface area contributed by atoms with Crippen LogP contribution >= 0.6 is 0 Å². The minimum absolute atomic E-state index is 0.0316. The maximum Gasteiger partial charge on any atom is 0.258 e. The standard InChI is InChI=1S/C20H22N4O5S/c1-24(2)30(27,28)13-8-9-17(29-3)16(12-13)22-19(25)11-10-18-21-15-7-5-4-6-14(15)20(26)23-18/h4-9,12H,10-11H2,1-3H3,(H,22,25)(H,21,23,26). The van der Waals surface area contributed by atoms with Crippen molar-refractivity contribution in [2.75, 3.05) is 26.5 Å². The number of nitrogens with one attached hydrogen (secondary N) is 2. The number of amides is 1. The van der Waals surface area contributed by atoms with Gasteiger partial charge in [0.1, 0.15) is 11.6 Å². The number of para-hydroxylation sites is 1. The van der Waals surface area contributed by atoms with Crippen LogP contribution in [0.15, 0.2) is 52.2 Å². The van der Waals surface area contributed by atoms with Gasteiger partial charge in [-0.05, 0) is 30.3 Å². The summed E-state index contributed by atoms with van der Waals surface area (Å²) >= 11 is 0. The monoisotopic (exact) mass is 430 g/mol. The Kier molecular flexibility index (Phi) is 6.18. The smallest absolute Gasteiger partial charge is 0.258 e. The van der Waals surface area contributed by atoms with Crippen molar-refractivity contribution in [1.29, 1.82) is 0 Å². The summed E-state index contributed by atoms with van der Waals surface area (Å²) in [6.07, 6.45) is 0.249. The van der Waals surface area contributed by atoms with E-state index < -0.39 is 10.0 Å². The van der Waals surface area contributed by atoms with Crippen LogP contribution in [0.4, 0.5) is 5.69 Å². The van der Waals surface area contributed by atoms with Crippen molar-refractivity contribution >= 4 is 32.5 Å². The Balaban J connectivity index is 1.77. The van der Waals surface area contributed by atoms with Crippen LogP contribution in [-0.4, -0.2) is 49.8 Å². The number of rotatable bonds is 7. The molecular weight excluding hydrogens is 408 g/mol. The first-order valence-electron chi connectivity index (χ1n) is 9.10. The Bertz CT molecular complexity index is 1250. The number of hydrogen-bond donors (Lipinski definition) is 2. The SMILES string of the molecule is COc1ccc(S(=O)(=O)N(C)C)cc1NC(=O)CCc1nc2ccccc2c(=O)[nH]1. The molecule has 0 saturated carbocycles. The Labute approximate surface area is 173 Å². The van der Waals surface area contributed by atoms with E-state index in [1.54, 1.807) is 24.3 Å². The van der Waals surface area contributed by atoms with E-state index in [9.17, 15) is 18.0 Å². The maximum absolute atomic E-state index is 12.5. The second-order valence-electron chi connectivity index (χ2n) is 6.73. The van der Waals surface area contributed by atoms with Crippen LogP contribution in [0.5, 0.6) is 5.75 Å². The number of H-pyrrole nitrogens is 1. The predicted octanol–water partition coefficient (Wildman–Crippen LogP) is 1.75. The summed E-state index contributed by atoms with van der Waals surface area (Å²) in [4.78, 5) is 31.7. The number of aromatic nitrogens is 2. The van der Waals surface area contributed by atoms with Gasteiger partial charge in [-0.15, -0.1) is 0 Å². The highest BCUT2D eigenvalue weighted by molar-refractivity contribution is 7.89. The van der Waals surface area contributed by atoms with Crippen molar-refractivity contribution in [3.05, 3.63) is 58.6 Å². The van der Waals surface area contributed by atoms with Gasteiger partial charge in [0.15, 0.2) is 0 Å². The molecule has 0 aliphatic heterocycles. The molecule has 0 bridgehead atoms. The highest BCUT2D eigenvalue weighted by Crippen LogP contribution is 2.28. The number of carbonyl (C=O) groups excluding carboxylic acids is 1. The fraction of sp³-hybridized carbons (Fsp3) is 0.250. The Morgan fingerprint density at radius 3 is 2.63 bits per heavy atom. The van der Waals surface area contributed by atoms with Gasteiger partial charge in [0.05, 0.1) is 28.6 Å². The molecule has 1 heterocycles. The summed E-state index contributed by atoms with van der Waals surface area (Å²) in [5, 5.41) is 3.15. The van der Waals surface area contributed by atoms with Crippen LogP contribution in [0.3, 0.4) is 0 Å². The lowest BCUT2D eigenvalue weighted by atomic mass is 10.2. The molecule has 1 aromatic heterocycles. The van der Waals surface area contributed by atoms with Gasteiger partial charge in [0, 0.05) is 26.9 Å².